The Morgan fingerprint density at radius 3 is 2.78 bits per heavy atom. The number of carbonyl (C=O) groups excluding carboxylic acids is 1. The SMILES string of the molecule is CCCCn1c(NCc2ccc3c(c2)OCO3)c(/C=C2/SC(=S)N(CCOC)C2=O)c(C)c(C#N)c1=O. The van der Waals surface area contributed by atoms with Gasteiger partial charge in [0, 0.05) is 25.8 Å². The van der Waals surface area contributed by atoms with Gasteiger partial charge in [-0.15, -0.1) is 0 Å². The Morgan fingerprint density at radius 2 is 2.05 bits per heavy atom. The van der Waals surface area contributed by atoms with Gasteiger partial charge in [-0.3, -0.25) is 19.1 Å². The maximum atomic E-state index is 13.3. The van der Waals surface area contributed by atoms with E-state index >= 15 is 0 Å². The van der Waals surface area contributed by atoms with Crippen LogP contribution in [-0.4, -0.2) is 46.7 Å². The molecule has 37 heavy (non-hydrogen) atoms. The summed E-state index contributed by atoms with van der Waals surface area (Å²) >= 11 is 6.62. The van der Waals surface area contributed by atoms with Crippen LogP contribution in [0.5, 0.6) is 11.5 Å². The topological polar surface area (TPSA) is 106 Å². The van der Waals surface area contributed by atoms with Gasteiger partial charge in [-0.1, -0.05) is 43.4 Å². The Morgan fingerprint density at radius 1 is 1.27 bits per heavy atom. The zero-order valence-electron chi connectivity index (χ0n) is 21.0. The van der Waals surface area contributed by atoms with E-state index in [1.165, 1.54) is 16.7 Å². The molecule has 2 aliphatic heterocycles. The highest BCUT2D eigenvalue weighted by molar-refractivity contribution is 8.26. The van der Waals surface area contributed by atoms with Crippen molar-refractivity contribution in [1.29, 1.82) is 5.26 Å². The average molecular weight is 541 g/mol. The van der Waals surface area contributed by atoms with Crippen LogP contribution < -0.4 is 20.3 Å². The number of nitrogens with zero attached hydrogens (tertiary/aromatic N) is 3. The third-order valence-corrected chi connectivity index (χ3v) is 7.55. The smallest absolute Gasteiger partial charge is 0.270 e. The van der Waals surface area contributed by atoms with Gasteiger partial charge >= 0.3 is 0 Å². The normalized spacial score (nSPS) is 15.5. The number of aromatic nitrogens is 1. The number of methoxy groups -OCH3 is 1. The Kier molecular flexibility index (Phi) is 8.53. The van der Waals surface area contributed by atoms with Crippen LogP contribution >= 0.6 is 24.0 Å². The molecule has 1 aromatic heterocycles. The number of nitriles is 1. The second kappa shape index (κ2) is 11.8. The Labute approximate surface area is 225 Å². The summed E-state index contributed by atoms with van der Waals surface area (Å²) in [5.41, 5.74) is 1.76. The zero-order valence-corrected chi connectivity index (χ0v) is 22.6. The number of ether oxygens (including phenoxy) is 3. The van der Waals surface area contributed by atoms with Crippen LogP contribution in [0.3, 0.4) is 0 Å². The molecular weight excluding hydrogens is 512 g/mol. The van der Waals surface area contributed by atoms with Crippen molar-refractivity contribution in [1.82, 2.24) is 9.47 Å². The van der Waals surface area contributed by atoms with Gasteiger partial charge in [0.25, 0.3) is 11.5 Å². The highest BCUT2D eigenvalue weighted by Gasteiger charge is 2.32. The quantitative estimate of drug-likeness (QED) is 0.353. The number of benzene rings is 1. The van der Waals surface area contributed by atoms with Gasteiger partial charge in [-0.25, -0.2) is 0 Å². The summed E-state index contributed by atoms with van der Waals surface area (Å²) in [6.45, 7) is 5.49. The molecule has 0 spiro atoms. The predicted molar refractivity (Wildman–Crippen MR) is 147 cm³/mol. The van der Waals surface area contributed by atoms with Crippen molar-refractivity contribution in [2.75, 3.05) is 32.4 Å². The summed E-state index contributed by atoms with van der Waals surface area (Å²) in [6.07, 6.45) is 3.36. The van der Waals surface area contributed by atoms with Crippen molar-refractivity contribution in [3.63, 3.8) is 0 Å². The number of fused-ring (bicyclic) bond motifs is 1. The van der Waals surface area contributed by atoms with E-state index in [9.17, 15) is 14.9 Å². The van der Waals surface area contributed by atoms with Crippen molar-refractivity contribution < 1.29 is 19.0 Å². The molecule has 0 saturated carbocycles. The summed E-state index contributed by atoms with van der Waals surface area (Å²) < 4.78 is 18.0. The van der Waals surface area contributed by atoms with E-state index in [4.69, 9.17) is 26.4 Å². The molecule has 1 amide bonds. The first-order valence-corrected chi connectivity index (χ1v) is 13.2. The van der Waals surface area contributed by atoms with E-state index in [-0.39, 0.29) is 23.8 Å². The highest BCUT2D eigenvalue weighted by atomic mass is 32.2. The van der Waals surface area contributed by atoms with E-state index in [1.54, 1.807) is 24.7 Å². The fourth-order valence-electron chi connectivity index (χ4n) is 4.13. The number of unbranched alkanes of at least 4 members (excludes halogenated alkanes) is 1. The van der Waals surface area contributed by atoms with Crippen LogP contribution in [0.1, 0.15) is 42.0 Å². The van der Waals surface area contributed by atoms with E-state index in [1.807, 2.05) is 25.1 Å². The average Bonchev–Trinajstić information content (AvgIpc) is 3.46. The number of rotatable bonds is 10. The van der Waals surface area contributed by atoms with Gasteiger partial charge in [-0.2, -0.15) is 5.26 Å². The van der Waals surface area contributed by atoms with Crippen LogP contribution in [0.2, 0.25) is 0 Å². The maximum absolute atomic E-state index is 13.3. The van der Waals surface area contributed by atoms with E-state index in [0.29, 0.717) is 63.9 Å². The molecule has 3 heterocycles. The lowest BCUT2D eigenvalue weighted by Crippen LogP contribution is -2.31. The highest BCUT2D eigenvalue weighted by Crippen LogP contribution is 2.36. The van der Waals surface area contributed by atoms with Gasteiger partial charge in [0.2, 0.25) is 6.79 Å². The maximum Gasteiger partial charge on any atom is 0.270 e. The van der Waals surface area contributed by atoms with Crippen LogP contribution in [0, 0.1) is 18.3 Å². The molecule has 2 aliphatic rings. The van der Waals surface area contributed by atoms with Gasteiger partial charge < -0.3 is 19.5 Å². The zero-order chi connectivity index (χ0) is 26.5. The van der Waals surface area contributed by atoms with Crippen LogP contribution in [-0.2, 0) is 22.6 Å². The molecule has 2 aromatic rings. The number of pyridine rings is 1. The van der Waals surface area contributed by atoms with Gasteiger partial charge in [0.15, 0.2) is 11.5 Å². The van der Waals surface area contributed by atoms with Crippen LogP contribution in [0.25, 0.3) is 6.08 Å². The third kappa shape index (κ3) is 5.51. The molecule has 0 atom stereocenters. The second-order valence-electron chi connectivity index (χ2n) is 8.55. The first-order valence-electron chi connectivity index (χ1n) is 11.9. The molecule has 4 rings (SSSR count). The molecule has 9 nitrogen and oxygen atoms in total. The van der Waals surface area contributed by atoms with Crippen molar-refractivity contribution in [2.24, 2.45) is 0 Å². The van der Waals surface area contributed by atoms with Crippen molar-refractivity contribution in [3.8, 4) is 17.6 Å². The molecule has 0 aliphatic carbocycles. The van der Waals surface area contributed by atoms with Crippen LogP contribution in [0.4, 0.5) is 5.82 Å². The van der Waals surface area contributed by atoms with Crippen molar-refractivity contribution in [2.45, 2.75) is 39.8 Å². The molecule has 1 fully saturated rings. The minimum absolute atomic E-state index is 0.0610. The Balaban J connectivity index is 1.78. The fraction of sp³-hybridized carbons (Fsp3) is 0.385. The molecule has 1 saturated heterocycles. The van der Waals surface area contributed by atoms with Crippen molar-refractivity contribution >= 4 is 46.1 Å². The molecule has 1 N–H and O–H groups in total. The number of carbonyl (C=O) groups is 1. The Bertz CT molecular complexity index is 1360. The number of hydrogen-bond acceptors (Lipinski definition) is 9. The lowest BCUT2D eigenvalue weighted by Gasteiger charge is -2.20. The van der Waals surface area contributed by atoms with Crippen LogP contribution in [0.15, 0.2) is 27.9 Å². The minimum atomic E-state index is -0.355. The molecule has 1 aromatic carbocycles. The molecule has 0 radical (unpaired) electrons. The Hall–Kier alpha value is -3.33. The molecule has 0 bridgehead atoms. The number of nitrogens with one attached hydrogen (secondary N) is 1. The number of thiocarbonyl (C=S) groups is 1. The summed E-state index contributed by atoms with van der Waals surface area (Å²) in [7, 11) is 1.57. The first-order chi connectivity index (χ1) is 17.9. The number of anilines is 1. The monoisotopic (exact) mass is 540 g/mol. The number of thioether (sulfide) groups is 1. The number of amides is 1. The van der Waals surface area contributed by atoms with Gasteiger partial charge in [-0.05, 0) is 42.7 Å². The predicted octanol–water partition coefficient (Wildman–Crippen LogP) is 4.02. The lowest BCUT2D eigenvalue weighted by atomic mass is 10.0. The van der Waals surface area contributed by atoms with Gasteiger partial charge in [0.1, 0.15) is 21.8 Å². The lowest BCUT2D eigenvalue weighted by molar-refractivity contribution is -0.122. The van der Waals surface area contributed by atoms with E-state index < -0.39 is 0 Å². The summed E-state index contributed by atoms with van der Waals surface area (Å²) in [5.74, 6) is 1.68. The minimum Gasteiger partial charge on any atom is -0.454 e. The van der Waals surface area contributed by atoms with E-state index in [0.717, 1.165) is 18.4 Å². The molecule has 194 valence electrons. The van der Waals surface area contributed by atoms with E-state index in [2.05, 4.69) is 11.4 Å². The molecule has 11 heteroatoms. The number of hydrogen-bond donors (Lipinski definition) is 1. The van der Waals surface area contributed by atoms with Gasteiger partial charge in [0.05, 0.1) is 18.1 Å². The standard InChI is InChI=1S/C26H28N4O5S2/c1-4-5-8-29-23(28-14-17-6-7-20-21(11-17)35-15-34-20)18(16(2)19(13-27)24(29)31)12-22-25(32)30(9-10-33-3)26(36)37-22/h6-7,11-12,28H,4-5,8-10,14-15H2,1-3H3/b22-12+. The fourth-order valence-corrected chi connectivity index (χ4v) is 5.42. The molecular formula is C26H28N4O5S2. The summed E-state index contributed by atoms with van der Waals surface area (Å²) in [4.78, 5) is 28.4. The van der Waals surface area contributed by atoms with Crippen molar-refractivity contribution in [3.05, 3.63) is 55.7 Å². The second-order valence-corrected chi connectivity index (χ2v) is 10.2. The summed E-state index contributed by atoms with van der Waals surface area (Å²) in [6, 6.07) is 7.73. The molecule has 0 unspecified atom stereocenters. The third-order valence-electron chi connectivity index (χ3n) is 6.18. The summed E-state index contributed by atoms with van der Waals surface area (Å²) in [5, 5.41) is 13.2. The largest absolute Gasteiger partial charge is 0.454 e. The first kappa shape index (κ1) is 26.7.